The molecule has 0 radical (unpaired) electrons. The van der Waals surface area contributed by atoms with E-state index in [9.17, 15) is 18.0 Å². The molecule has 2 unspecified atom stereocenters. The van der Waals surface area contributed by atoms with Gasteiger partial charge in [-0.3, -0.25) is 9.69 Å². The van der Waals surface area contributed by atoms with E-state index in [-0.39, 0.29) is 17.7 Å². The van der Waals surface area contributed by atoms with Gasteiger partial charge >= 0.3 is 6.18 Å². The number of nitrogens with zero attached hydrogens (tertiary/aromatic N) is 2. The Morgan fingerprint density at radius 3 is 2.27 bits per heavy atom. The summed E-state index contributed by atoms with van der Waals surface area (Å²) >= 11 is 0. The van der Waals surface area contributed by atoms with E-state index in [1.165, 1.54) is 12.1 Å². The SMILES string of the molecule is O=C(C1CC1c1ccc(C(F)(F)F)cc1)N1CCN(CCOc2ccccc2)CC1. The summed E-state index contributed by atoms with van der Waals surface area (Å²) in [7, 11) is 0. The number of para-hydroxylation sites is 1. The first-order valence-corrected chi connectivity index (χ1v) is 10.3. The van der Waals surface area contributed by atoms with Crippen molar-refractivity contribution in [3.05, 3.63) is 65.7 Å². The highest BCUT2D eigenvalue weighted by Gasteiger charge is 2.46. The van der Waals surface area contributed by atoms with Crippen molar-refractivity contribution in [2.45, 2.75) is 18.5 Å². The summed E-state index contributed by atoms with van der Waals surface area (Å²) in [6.07, 6.45) is -3.61. The standard InChI is InChI=1S/C23H25F3N2O2/c24-23(25,26)18-8-6-17(7-9-18)20-16-21(20)22(29)28-12-10-27(11-13-28)14-15-30-19-4-2-1-3-5-19/h1-9,20-21H,10-16H2. The Bertz CT molecular complexity index is 847. The van der Waals surface area contributed by atoms with E-state index < -0.39 is 11.7 Å². The molecule has 160 valence electrons. The van der Waals surface area contributed by atoms with Crippen molar-refractivity contribution in [2.75, 3.05) is 39.3 Å². The average molecular weight is 418 g/mol. The minimum atomic E-state index is -4.33. The molecule has 1 heterocycles. The van der Waals surface area contributed by atoms with Gasteiger partial charge < -0.3 is 9.64 Å². The molecule has 1 aliphatic carbocycles. The lowest BCUT2D eigenvalue weighted by Gasteiger charge is -2.34. The molecule has 2 fully saturated rings. The maximum atomic E-state index is 12.8. The van der Waals surface area contributed by atoms with E-state index in [1.807, 2.05) is 35.2 Å². The minimum absolute atomic E-state index is 0.0390. The summed E-state index contributed by atoms with van der Waals surface area (Å²) in [5, 5.41) is 0. The van der Waals surface area contributed by atoms with Crippen LogP contribution in [-0.4, -0.2) is 55.0 Å². The zero-order valence-corrected chi connectivity index (χ0v) is 16.6. The van der Waals surface area contributed by atoms with Gasteiger partial charge in [0.1, 0.15) is 12.4 Å². The van der Waals surface area contributed by atoms with Crippen molar-refractivity contribution in [1.82, 2.24) is 9.80 Å². The lowest BCUT2D eigenvalue weighted by Crippen LogP contribution is -2.50. The number of benzene rings is 2. The Morgan fingerprint density at radius 2 is 1.63 bits per heavy atom. The summed E-state index contributed by atoms with van der Waals surface area (Å²) in [6, 6.07) is 14.9. The third-order valence-electron chi connectivity index (χ3n) is 5.88. The molecule has 4 nitrogen and oxygen atoms in total. The van der Waals surface area contributed by atoms with Gasteiger partial charge in [-0.15, -0.1) is 0 Å². The molecule has 1 saturated heterocycles. The summed E-state index contributed by atoms with van der Waals surface area (Å²) in [4.78, 5) is 17.0. The van der Waals surface area contributed by atoms with Crippen molar-refractivity contribution >= 4 is 5.91 Å². The zero-order chi connectivity index (χ0) is 21.1. The number of carbonyl (C=O) groups excluding carboxylic acids is 1. The first kappa shape index (κ1) is 20.7. The Kier molecular flexibility index (Phi) is 5.99. The van der Waals surface area contributed by atoms with Gasteiger partial charge in [0.05, 0.1) is 5.56 Å². The third kappa shape index (κ3) is 4.95. The Balaban J connectivity index is 1.20. The van der Waals surface area contributed by atoms with Gasteiger partial charge in [0.2, 0.25) is 5.91 Å². The van der Waals surface area contributed by atoms with Gasteiger partial charge in [0.25, 0.3) is 0 Å². The van der Waals surface area contributed by atoms with Crippen molar-refractivity contribution in [2.24, 2.45) is 5.92 Å². The molecule has 0 bridgehead atoms. The summed E-state index contributed by atoms with van der Waals surface area (Å²) in [5.41, 5.74) is 0.167. The number of rotatable bonds is 6. The van der Waals surface area contributed by atoms with Gasteiger partial charge in [-0.25, -0.2) is 0 Å². The number of piperazine rings is 1. The van der Waals surface area contributed by atoms with E-state index in [4.69, 9.17) is 4.74 Å². The predicted octanol–water partition coefficient (Wildman–Crippen LogP) is 4.03. The molecule has 4 rings (SSSR count). The molecule has 2 aromatic rings. The molecule has 2 aromatic carbocycles. The van der Waals surface area contributed by atoms with E-state index in [1.54, 1.807) is 0 Å². The molecule has 1 saturated carbocycles. The first-order valence-electron chi connectivity index (χ1n) is 10.3. The Morgan fingerprint density at radius 1 is 0.967 bits per heavy atom. The second kappa shape index (κ2) is 8.68. The fourth-order valence-corrected chi connectivity index (χ4v) is 3.99. The summed E-state index contributed by atoms with van der Waals surface area (Å²) in [6.45, 7) is 4.40. The average Bonchev–Trinajstić information content (AvgIpc) is 3.55. The van der Waals surface area contributed by atoms with Gasteiger partial charge in [0, 0.05) is 38.6 Å². The van der Waals surface area contributed by atoms with Crippen LogP contribution in [0.3, 0.4) is 0 Å². The number of carbonyl (C=O) groups is 1. The number of amides is 1. The molecule has 2 atom stereocenters. The van der Waals surface area contributed by atoms with Crippen LogP contribution in [0.5, 0.6) is 5.75 Å². The van der Waals surface area contributed by atoms with E-state index in [0.29, 0.717) is 19.7 Å². The van der Waals surface area contributed by atoms with Gasteiger partial charge in [-0.2, -0.15) is 13.2 Å². The fourth-order valence-electron chi connectivity index (χ4n) is 3.99. The van der Waals surface area contributed by atoms with Crippen molar-refractivity contribution < 1.29 is 22.7 Å². The number of hydrogen-bond donors (Lipinski definition) is 0. The van der Waals surface area contributed by atoms with E-state index in [2.05, 4.69) is 4.90 Å². The van der Waals surface area contributed by atoms with Crippen LogP contribution in [0.2, 0.25) is 0 Å². The topological polar surface area (TPSA) is 32.8 Å². The minimum Gasteiger partial charge on any atom is -0.492 e. The molecule has 1 aliphatic heterocycles. The predicted molar refractivity (Wildman–Crippen MR) is 107 cm³/mol. The van der Waals surface area contributed by atoms with Crippen LogP contribution in [0, 0.1) is 5.92 Å². The number of hydrogen-bond acceptors (Lipinski definition) is 3. The first-order chi connectivity index (χ1) is 14.4. The molecule has 2 aliphatic rings. The van der Waals surface area contributed by atoms with Gasteiger partial charge in [-0.1, -0.05) is 30.3 Å². The molecular weight excluding hydrogens is 393 g/mol. The highest BCUT2D eigenvalue weighted by Crippen LogP contribution is 2.49. The van der Waals surface area contributed by atoms with Gasteiger partial charge in [0.15, 0.2) is 0 Å². The van der Waals surface area contributed by atoms with Crippen LogP contribution in [0.4, 0.5) is 13.2 Å². The van der Waals surface area contributed by atoms with Crippen LogP contribution < -0.4 is 4.74 Å². The molecule has 0 N–H and O–H groups in total. The smallest absolute Gasteiger partial charge is 0.416 e. The molecule has 7 heteroatoms. The van der Waals surface area contributed by atoms with Crippen LogP contribution in [0.15, 0.2) is 54.6 Å². The number of halogens is 3. The normalized spacial score (nSPS) is 22.0. The lowest BCUT2D eigenvalue weighted by molar-refractivity contribution is -0.137. The van der Waals surface area contributed by atoms with Crippen LogP contribution in [-0.2, 0) is 11.0 Å². The quantitative estimate of drug-likeness (QED) is 0.710. The highest BCUT2D eigenvalue weighted by atomic mass is 19.4. The Labute approximate surface area is 174 Å². The lowest BCUT2D eigenvalue weighted by atomic mass is 10.1. The van der Waals surface area contributed by atoms with E-state index in [0.717, 1.165) is 49.5 Å². The Hall–Kier alpha value is -2.54. The monoisotopic (exact) mass is 418 g/mol. The van der Waals surface area contributed by atoms with Gasteiger partial charge in [-0.05, 0) is 42.2 Å². The maximum Gasteiger partial charge on any atom is 0.416 e. The largest absolute Gasteiger partial charge is 0.492 e. The number of alkyl halides is 3. The molecule has 0 spiro atoms. The van der Waals surface area contributed by atoms with Crippen molar-refractivity contribution in [3.63, 3.8) is 0 Å². The number of ether oxygens (including phenoxy) is 1. The van der Waals surface area contributed by atoms with Crippen LogP contribution in [0.25, 0.3) is 0 Å². The second-order valence-electron chi connectivity index (χ2n) is 7.90. The summed E-state index contributed by atoms with van der Waals surface area (Å²) in [5.74, 6) is 0.918. The third-order valence-corrected chi connectivity index (χ3v) is 5.88. The molecule has 1 amide bonds. The molecule has 0 aromatic heterocycles. The fraction of sp³-hybridized carbons (Fsp3) is 0.435. The van der Waals surface area contributed by atoms with Crippen molar-refractivity contribution in [3.8, 4) is 5.75 Å². The zero-order valence-electron chi connectivity index (χ0n) is 16.6. The van der Waals surface area contributed by atoms with Crippen LogP contribution >= 0.6 is 0 Å². The van der Waals surface area contributed by atoms with E-state index >= 15 is 0 Å². The second-order valence-corrected chi connectivity index (χ2v) is 7.90. The maximum absolute atomic E-state index is 12.8. The summed E-state index contributed by atoms with van der Waals surface area (Å²) < 4.78 is 43.9. The highest BCUT2D eigenvalue weighted by molar-refractivity contribution is 5.83. The molecule has 30 heavy (non-hydrogen) atoms. The van der Waals surface area contributed by atoms with Crippen LogP contribution in [0.1, 0.15) is 23.5 Å². The van der Waals surface area contributed by atoms with Crippen molar-refractivity contribution in [1.29, 1.82) is 0 Å². The molecular formula is C23H25F3N2O2.